The van der Waals surface area contributed by atoms with Gasteiger partial charge in [0.05, 0.1) is 23.9 Å². The lowest BCUT2D eigenvalue weighted by Gasteiger charge is -2.29. The zero-order valence-electron chi connectivity index (χ0n) is 14.5. The number of likely N-dealkylation sites (tertiary alicyclic amines) is 1. The molecule has 25 heavy (non-hydrogen) atoms. The van der Waals surface area contributed by atoms with E-state index < -0.39 is 5.60 Å². The van der Waals surface area contributed by atoms with Crippen LogP contribution in [-0.2, 0) is 13.6 Å². The maximum atomic E-state index is 13.0. The average Bonchev–Trinajstić information content (AvgIpc) is 3.15. The highest BCUT2D eigenvalue weighted by molar-refractivity contribution is 5.94. The van der Waals surface area contributed by atoms with Crippen molar-refractivity contribution in [2.45, 2.75) is 18.6 Å². The molecule has 6 nitrogen and oxygen atoms in total. The molecule has 0 saturated carbocycles. The molecule has 1 saturated heterocycles. The van der Waals surface area contributed by atoms with Gasteiger partial charge < -0.3 is 10.0 Å². The van der Waals surface area contributed by atoms with E-state index in [0.717, 1.165) is 5.56 Å². The molecule has 0 bridgehead atoms. The lowest BCUT2D eigenvalue weighted by molar-refractivity contribution is 0.0163. The third kappa shape index (κ3) is 4.24. The summed E-state index contributed by atoms with van der Waals surface area (Å²) in [5.41, 5.74) is 0.576. The van der Waals surface area contributed by atoms with Crippen LogP contribution in [0.5, 0.6) is 0 Å². The van der Waals surface area contributed by atoms with E-state index in [1.807, 2.05) is 11.9 Å². The molecule has 2 heterocycles. The van der Waals surface area contributed by atoms with E-state index in [9.17, 15) is 14.3 Å². The Hall–Kier alpha value is -2.25. The van der Waals surface area contributed by atoms with Gasteiger partial charge in [0.1, 0.15) is 5.82 Å². The molecule has 1 aliphatic heterocycles. The largest absolute Gasteiger partial charge is 0.387 e. The molecule has 1 fully saturated rings. The molecular formula is C18H23FN4O2. The summed E-state index contributed by atoms with van der Waals surface area (Å²) >= 11 is 0. The van der Waals surface area contributed by atoms with Gasteiger partial charge >= 0.3 is 0 Å². The molecule has 7 heteroatoms. The number of hydrogen-bond acceptors (Lipinski definition) is 4. The highest BCUT2D eigenvalue weighted by Gasteiger charge is 2.39. The van der Waals surface area contributed by atoms with E-state index in [2.05, 4.69) is 5.10 Å². The number of hydrogen-bond donors (Lipinski definition) is 1. The Morgan fingerprint density at radius 3 is 2.76 bits per heavy atom. The number of likely N-dealkylation sites (N-methyl/N-ethyl adjacent to an activating group) is 1. The van der Waals surface area contributed by atoms with Crippen molar-refractivity contribution in [2.24, 2.45) is 7.05 Å². The predicted molar refractivity (Wildman–Crippen MR) is 91.4 cm³/mol. The van der Waals surface area contributed by atoms with Crippen LogP contribution >= 0.6 is 0 Å². The summed E-state index contributed by atoms with van der Waals surface area (Å²) in [5, 5.41) is 14.9. The lowest BCUT2D eigenvalue weighted by Crippen LogP contribution is -2.44. The number of aryl methyl sites for hydroxylation is 1. The van der Waals surface area contributed by atoms with Crippen LogP contribution in [0.25, 0.3) is 0 Å². The molecule has 1 atom stereocenters. The number of carbonyl (C=O) groups excluding carboxylic acids is 1. The predicted octanol–water partition coefficient (Wildman–Crippen LogP) is 1.27. The summed E-state index contributed by atoms with van der Waals surface area (Å²) in [6.45, 7) is 1.88. The molecule has 3 rings (SSSR count). The number of aliphatic hydroxyl groups is 1. The van der Waals surface area contributed by atoms with E-state index in [1.165, 1.54) is 12.1 Å². The Kier molecular flexibility index (Phi) is 4.87. The van der Waals surface area contributed by atoms with Crippen LogP contribution < -0.4 is 0 Å². The van der Waals surface area contributed by atoms with E-state index >= 15 is 0 Å². The smallest absolute Gasteiger partial charge is 0.257 e. The fourth-order valence-electron chi connectivity index (χ4n) is 3.33. The van der Waals surface area contributed by atoms with Crippen molar-refractivity contribution in [1.82, 2.24) is 19.6 Å². The molecule has 1 aromatic carbocycles. The molecule has 0 unspecified atom stereocenters. The number of amides is 1. The maximum absolute atomic E-state index is 13.0. The molecule has 2 aromatic rings. The quantitative estimate of drug-likeness (QED) is 0.886. The van der Waals surface area contributed by atoms with Crippen LogP contribution in [0.1, 0.15) is 22.3 Å². The second-order valence-corrected chi connectivity index (χ2v) is 6.90. The van der Waals surface area contributed by atoms with Crippen LogP contribution in [0.15, 0.2) is 36.7 Å². The minimum absolute atomic E-state index is 0.106. The molecule has 1 N–H and O–H groups in total. The fraction of sp³-hybridized carbons (Fsp3) is 0.444. The van der Waals surface area contributed by atoms with Crippen molar-refractivity contribution >= 4 is 5.91 Å². The minimum atomic E-state index is -0.938. The molecular weight excluding hydrogens is 323 g/mol. The lowest BCUT2D eigenvalue weighted by atomic mass is 10.0. The summed E-state index contributed by atoms with van der Waals surface area (Å²) < 4.78 is 14.6. The summed E-state index contributed by atoms with van der Waals surface area (Å²) in [4.78, 5) is 16.1. The monoisotopic (exact) mass is 346 g/mol. The number of carbonyl (C=O) groups is 1. The van der Waals surface area contributed by atoms with E-state index in [-0.39, 0.29) is 11.7 Å². The van der Waals surface area contributed by atoms with Crippen molar-refractivity contribution in [3.63, 3.8) is 0 Å². The Bertz CT molecular complexity index is 746. The van der Waals surface area contributed by atoms with Gasteiger partial charge in [-0.25, -0.2) is 4.39 Å². The highest BCUT2D eigenvalue weighted by Crippen LogP contribution is 2.24. The third-order valence-corrected chi connectivity index (χ3v) is 4.50. The van der Waals surface area contributed by atoms with Crippen molar-refractivity contribution in [1.29, 1.82) is 0 Å². The summed E-state index contributed by atoms with van der Waals surface area (Å²) in [5.74, 6) is -0.365. The number of halogens is 1. The summed E-state index contributed by atoms with van der Waals surface area (Å²) in [7, 11) is 3.68. The second kappa shape index (κ2) is 6.93. The molecule has 0 aliphatic carbocycles. The molecule has 1 amide bonds. The van der Waals surface area contributed by atoms with E-state index in [1.54, 1.807) is 41.2 Å². The van der Waals surface area contributed by atoms with Gasteiger partial charge in [-0.05, 0) is 31.2 Å². The molecule has 0 spiro atoms. The Morgan fingerprint density at radius 1 is 1.40 bits per heavy atom. The van der Waals surface area contributed by atoms with Gasteiger partial charge in [0.25, 0.3) is 5.91 Å². The molecule has 1 aromatic heterocycles. The minimum Gasteiger partial charge on any atom is -0.387 e. The topological polar surface area (TPSA) is 61.6 Å². The first kappa shape index (κ1) is 17.6. The van der Waals surface area contributed by atoms with Crippen molar-refractivity contribution in [3.05, 3.63) is 53.6 Å². The number of rotatable bonds is 5. The van der Waals surface area contributed by atoms with Crippen molar-refractivity contribution < 1.29 is 14.3 Å². The van der Waals surface area contributed by atoms with Crippen molar-refractivity contribution in [2.75, 3.05) is 26.7 Å². The number of β-amino-alcohol motifs (C(OH)–C–C–N with tert-alkyl or cyclic N) is 1. The molecule has 1 aliphatic rings. The first-order valence-electron chi connectivity index (χ1n) is 8.28. The van der Waals surface area contributed by atoms with Gasteiger partial charge in [-0.15, -0.1) is 0 Å². The van der Waals surface area contributed by atoms with Crippen LogP contribution in [0, 0.1) is 5.82 Å². The fourth-order valence-corrected chi connectivity index (χ4v) is 3.33. The van der Waals surface area contributed by atoms with Gasteiger partial charge in [-0.3, -0.25) is 14.4 Å². The maximum Gasteiger partial charge on any atom is 0.257 e. The number of nitrogens with zero attached hydrogens (tertiary/aromatic N) is 4. The Balaban J connectivity index is 1.57. The highest BCUT2D eigenvalue weighted by atomic mass is 19.1. The van der Waals surface area contributed by atoms with E-state index in [4.69, 9.17) is 0 Å². The summed E-state index contributed by atoms with van der Waals surface area (Å²) in [6, 6.07) is 6.34. The van der Waals surface area contributed by atoms with Gasteiger partial charge in [0, 0.05) is 32.9 Å². The SMILES string of the molecule is CN(Cc1ccc(F)cc1)C[C@]1(O)CCN(C(=O)c2cnn(C)c2)C1. The first-order chi connectivity index (χ1) is 11.8. The van der Waals surface area contributed by atoms with Gasteiger partial charge in [-0.2, -0.15) is 5.10 Å². The second-order valence-electron chi connectivity index (χ2n) is 6.90. The normalized spacial score (nSPS) is 20.4. The standard InChI is InChI=1S/C18H23FN4O2/c1-21(10-14-3-5-16(19)6-4-14)12-18(25)7-8-23(13-18)17(24)15-9-20-22(2)11-15/h3-6,9,11,25H,7-8,10,12-13H2,1-2H3/t18-/m1/s1. The van der Waals surface area contributed by atoms with Gasteiger partial charge in [0.2, 0.25) is 0 Å². The first-order valence-corrected chi connectivity index (χ1v) is 8.28. The van der Waals surface area contributed by atoms with Gasteiger partial charge in [-0.1, -0.05) is 12.1 Å². The van der Waals surface area contributed by atoms with Gasteiger partial charge in [0.15, 0.2) is 0 Å². The molecule has 0 radical (unpaired) electrons. The van der Waals surface area contributed by atoms with Crippen LogP contribution in [0.4, 0.5) is 4.39 Å². The van der Waals surface area contributed by atoms with Crippen molar-refractivity contribution in [3.8, 4) is 0 Å². The van der Waals surface area contributed by atoms with Crippen LogP contribution in [-0.4, -0.2) is 62.9 Å². The van der Waals surface area contributed by atoms with E-state index in [0.29, 0.717) is 38.2 Å². The zero-order chi connectivity index (χ0) is 18.0. The summed E-state index contributed by atoms with van der Waals surface area (Å²) in [6.07, 6.45) is 3.76. The Morgan fingerprint density at radius 2 is 2.12 bits per heavy atom. The number of aromatic nitrogens is 2. The third-order valence-electron chi connectivity index (χ3n) is 4.50. The molecule has 134 valence electrons. The number of benzene rings is 1. The van der Waals surface area contributed by atoms with Crippen LogP contribution in [0.3, 0.4) is 0 Å². The zero-order valence-corrected chi connectivity index (χ0v) is 14.5. The van der Waals surface area contributed by atoms with Crippen LogP contribution in [0.2, 0.25) is 0 Å². The Labute approximate surface area is 146 Å². The average molecular weight is 346 g/mol.